The lowest BCUT2D eigenvalue weighted by molar-refractivity contribution is 0.214. The fourth-order valence-electron chi connectivity index (χ4n) is 1.89. The molecule has 0 aliphatic rings. The van der Waals surface area contributed by atoms with E-state index in [9.17, 15) is 5.11 Å². The van der Waals surface area contributed by atoms with E-state index in [1.54, 1.807) is 7.11 Å². The van der Waals surface area contributed by atoms with Gasteiger partial charge in [-0.25, -0.2) is 0 Å². The van der Waals surface area contributed by atoms with Crippen molar-refractivity contribution in [2.45, 2.75) is 13.0 Å². The molecule has 1 unspecified atom stereocenters. The van der Waals surface area contributed by atoms with E-state index in [0.717, 1.165) is 21.2 Å². The van der Waals surface area contributed by atoms with Gasteiger partial charge in [-0.3, -0.25) is 0 Å². The van der Waals surface area contributed by atoms with Crippen LogP contribution in [0.4, 0.5) is 0 Å². The minimum absolute atomic E-state index is 0.673. The molecule has 0 amide bonds. The summed E-state index contributed by atoms with van der Waals surface area (Å²) in [5, 5.41) is 10.4. The molecule has 0 saturated carbocycles. The minimum atomic E-state index is -0.673. The van der Waals surface area contributed by atoms with Gasteiger partial charge >= 0.3 is 0 Å². The van der Waals surface area contributed by atoms with Gasteiger partial charge < -0.3 is 9.84 Å². The van der Waals surface area contributed by atoms with Gasteiger partial charge in [-0.05, 0) is 36.8 Å². The Hall–Kier alpha value is -1.32. The van der Waals surface area contributed by atoms with Crippen LogP contribution in [0.5, 0.6) is 5.75 Å². The average Bonchev–Trinajstić information content (AvgIpc) is 2.39. The summed E-state index contributed by atoms with van der Waals surface area (Å²) in [7, 11) is 1.61. The summed E-state index contributed by atoms with van der Waals surface area (Å²) in [6.45, 7) is 2.00. The fraction of sp³-hybridized carbons (Fsp3) is 0.200. The summed E-state index contributed by atoms with van der Waals surface area (Å²) >= 11 is 3.38. The first kappa shape index (κ1) is 13.1. The zero-order valence-electron chi connectivity index (χ0n) is 10.4. The quantitative estimate of drug-likeness (QED) is 0.933. The van der Waals surface area contributed by atoms with Crippen LogP contribution in [0, 0.1) is 6.92 Å². The van der Waals surface area contributed by atoms with Gasteiger partial charge in [-0.1, -0.05) is 39.7 Å². The maximum atomic E-state index is 10.4. The molecule has 0 heterocycles. The molecule has 2 nitrogen and oxygen atoms in total. The van der Waals surface area contributed by atoms with Crippen molar-refractivity contribution >= 4 is 15.9 Å². The first-order valence-corrected chi connectivity index (χ1v) is 6.49. The topological polar surface area (TPSA) is 29.5 Å². The van der Waals surface area contributed by atoms with Gasteiger partial charge in [0.05, 0.1) is 7.11 Å². The zero-order chi connectivity index (χ0) is 13.1. The maximum absolute atomic E-state index is 10.4. The van der Waals surface area contributed by atoms with Crippen LogP contribution in [0.25, 0.3) is 0 Å². The molecule has 0 bridgehead atoms. The molecule has 0 spiro atoms. The molecule has 0 aliphatic carbocycles. The van der Waals surface area contributed by atoms with Crippen LogP contribution in [0.2, 0.25) is 0 Å². The number of methoxy groups -OCH3 is 1. The smallest absolute Gasteiger partial charge is 0.125 e. The van der Waals surface area contributed by atoms with Crippen molar-refractivity contribution < 1.29 is 9.84 Å². The van der Waals surface area contributed by atoms with Gasteiger partial charge in [0.15, 0.2) is 0 Å². The molecule has 3 heteroatoms. The first-order valence-electron chi connectivity index (χ1n) is 5.70. The first-order chi connectivity index (χ1) is 8.61. The summed E-state index contributed by atoms with van der Waals surface area (Å²) in [5.41, 5.74) is 2.74. The van der Waals surface area contributed by atoms with Crippen LogP contribution in [-0.2, 0) is 0 Å². The highest BCUT2D eigenvalue weighted by molar-refractivity contribution is 9.10. The highest BCUT2D eigenvalue weighted by Gasteiger charge is 2.15. The Morgan fingerprint density at radius 2 is 1.78 bits per heavy atom. The van der Waals surface area contributed by atoms with Gasteiger partial charge in [-0.2, -0.15) is 0 Å². The Kier molecular flexibility index (Phi) is 4.04. The predicted octanol–water partition coefficient (Wildman–Crippen LogP) is 3.85. The number of hydrogen-bond donors (Lipinski definition) is 1. The second-order valence-electron chi connectivity index (χ2n) is 4.20. The van der Waals surface area contributed by atoms with Crippen LogP contribution in [0.15, 0.2) is 46.9 Å². The van der Waals surface area contributed by atoms with Crippen molar-refractivity contribution in [3.8, 4) is 5.75 Å². The number of aliphatic hydroxyl groups is 1. The Morgan fingerprint density at radius 1 is 1.11 bits per heavy atom. The molecule has 1 atom stereocenters. The lowest BCUT2D eigenvalue weighted by atomic mass is 9.99. The van der Waals surface area contributed by atoms with E-state index in [1.807, 2.05) is 49.4 Å². The van der Waals surface area contributed by atoms with Crippen molar-refractivity contribution in [3.05, 3.63) is 63.6 Å². The highest BCUT2D eigenvalue weighted by Crippen LogP contribution is 2.31. The van der Waals surface area contributed by atoms with E-state index >= 15 is 0 Å². The van der Waals surface area contributed by atoms with E-state index in [4.69, 9.17) is 4.74 Å². The number of halogens is 1. The predicted molar refractivity (Wildman–Crippen MR) is 75.9 cm³/mol. The van der Waals surface area contributed by atoms with Crippen LogP contribution >= 0.6 is 15.9 Å². The Balaban J connectivity index is 2.41. The zero-order valence-corrected chi connectivity index (χ0v) is 11.9. The van der Waals surface area contributed by atoms with E-state index in [-0.39, 0.29) is 0 Å². The Labute approximate surface area is 115 Å². The van der Waals surface area contributed by atoms with Crippen molar-refractivity contribution in [1.82, 2.24) is 0 Å². The standard InChI is InChI=1S/C15H15BrO2/c1-10-3-8-14(18-2)13(9-10)15(17)11-4-6-12(16)7-5-11/h3-9,15,17H,1-2H3. The summed E-state index contributed by atoms with van der Waals surface area (Å²) in [5.74, 6) is 0.705. The average molecular weight is 307 g/mol. The molecule has 2 aromatic rings. The number of aryl methyl sites for hydroxylation is 1. The van der Waals surface area contributed by atoms with Crippen molar-refractivity contribution in [2.24, 2.45) is 0 Å². The number of rotatable bonds is 3. The fourth-order valence-corrected chi connectivity index (χ4v) is 2.16. The van der Waals surface area contributed by atoms with E-state index in [0.29, 0.717) is 5.75 Å². The molecule has 0 aromatic heterocycles. The third-order valence-corrected chi connectivity index (χ3v) is 3.39. The molecule has 18 heavy (non-hydrogen) atoms. The molecule has 2 rings (SSSR count). The molecular weight excluding hydrogens is 292 g/mol. The highest BCUT2D eigenvalue weighted by atomic mass is 79.9. The third-order valence-electron chi connectivity index (χ3n) is 2.87. The Bertz CT molecular complexity index is 535. The van der Waals surface area contributed by atoms with Crippen LogP contribution in [-0.4, -0.2) is 12.2 Å². The molecular formula is C15H15BrO2. The minimum Gasteiger partial charge on any atom is -0.496 e. The lowest BCUT2D eigenvalue weighted by Gasteiger charge is -2.16. The molecule has 0 fully saturated rings. The summed E-state index contributed by atoms with van der Waals surface area (Å²) in [6, 6.07) is 13.4. The van der Waals surface area contributed by atoms with E-state index in [1.165, 1.54) is 0 Å². The van der Waals surface area contributed by atoms with Crippen molar-refractivity contribution in [1.29, 1.82) is 0 Å². The number of aliphatic hydroxyl groups excluding tert-OH is 1. The van der Waals surface area contributed by atoms with Crippen molar-refractivity contribution in [3.63, 3.8) is 0 Å². The normalized spacial score (nSPS) is 12.2. The van der Waals surface area contributed by atoms with Crippen LogP contribution in [0.1, 0.15) is 22.8 Å². The second kappa shape index (κ2) is 5.55. The SMILES string of the molecule is COc1ccc(C)cc1C(O)c1ccc(Br)cc1. The Morgan fingerprint density at radius 3 is 2.39 bits per heavy atom. The van der Waals surface area contributed by atoms with E-state index in [2.05, 4.69) is 15.9 Å². The molecule has 1 N–H and O–H groups in total. The molecule has 2 aromatic carbocycles. The van der Waals surface area contributed by atoms with E-state index < -0.39 is 6.10 Å². The third kappa shape index (κ3) is 2.74. The summed E-state index contributed by atoms with van der Waals surface area (Å²) in [4.78, 5) is 0. The van der Waals surface area contributed by atoms with Gasteiger partial charge in [0.1, 0.15) is 11.9 Å². The number of ether oxygens (including phenoxy) is 1. The number of hydrogen-bond acceptors (Lipinski definition) is 2. The van der Waals surface area contributed by atoms with Crippen molar-refractivity contribution in [2.75, 3.05) is 7.11 Å². The lowest BCUT2D eigenvalue weighted by Crippen LogP contribution is -2.02. The van der Waals surface area contributed by atoms with Crippen LogP contribution < -0.4 is 4.74 Å². The van der Waals surface area contributed by atoms with Crippen LogP contribution in [0.3, 0.4) is 0 Å². The molecule has 0 radical (unpaired) electrons. The van der Waals surface area contributed by atoms with Gasteiger partial charge in [0.2, 0.25) is 0 Å². The number of benzene rings is 2. The maximum Gasteiger partial charge on any atom is 0.125 e. The van der Waals surface area contributed by atoms with Gasteiger partial charge in [-0.15, -0.1) is 0 Å². The molecule has 0 aliphatic heterocycles. The monoisotopic (exact) mass is 306 g/mol. The van der Waals surface area contributed by atoms with Gasteiger partial charge in [0, 0.05) is 10.0 Å². The van der Waals surface area contributed by atoms with Gasteiger partial charge in [0.25, 0.3) is 0 Å². The molecule has 0 saturated heterocycles. The molecule has 94 valence electrons. The largest absolute Gasteiger partial charge is 0.496 e. The summed E-state index contributed by atoms with van der Waals surface area (Å²) in [6.07, 6.45) is -0.673. The summed E-state index contributed by atoms with van der Waals surface area (Å²) < 4.78 is 6.29. The second-order valence-corrected chi connectivity index (χ2v) is 5.12.